The van der Waals surface area contributed by atoms with Crippen molar-refractivity contribution < 1.29 is 14.3 Å². The topological polar surface area (TPSA) is 40.5 Å². The molecule has 1 aromatic carbocycles. The number of amides is 1. The van der Waals surface area contributed by atoms with E-state index in [-0.39, 0.29) is 16.5 Å². The first-order valence-electron chi connectivity index (χ1n) is 5.72. The summed E-state index contributed by atoms with van der Waals surface area (Å²) in [5.74, 6) is -0.702. The van der Waals surface area contributed by atoms with Crippen molar-refractivity contribution in [2.24, 2.45) is 0 Å². The largest absolute Gasteiger partial charge is 0.393 e. The predicted octanol–water partition coefficient (Wildman–Crippen LogP) is 2.63. The molecule has 0 aliphatic heterocycles. The van der Waals surface area contributed by atoms with E-state index in [4.69, 9.17) is 11.6 Å². The lowest BCUT2D eigenvalue weighted by Gasteiger charge is -2.19. The molecule has 0 aromatic heterocycles. The van der Waals surface area contributed by atoms with Crippen LogP contribution in [0.25, 0.3) is 0 Å². The molecule has 0 saturated heterocycles. The molecule has 1 atom stereocenters. The van der Waals surface area contributed by atoms with E-state index in [1.54, 1.807) is 20.9 Å². The second kappa shape index (κ2) is 6.16. The molecule has 0 fully saturated rings. The highest BCUT2D eigenvalue weighted by Gasteiger charge is 2.17. The van der Waals surface area contributed by atoms with E-state index in [1.807, 2.05) is 0 Å². The van der Waals surface area contributed by atoms with Gasteiger partial charge in [-0.3, -0.25) is 4.79 Å². The first kappa shape index (κ1) is 14.9. The van der Waals surface area contributed by atoms with Crippen LogP contribution in [0.1, 0.15) is 29.3 Å². The fourth-order valence-corrected chi connectivity index (χ4v) is 1.74. The maximum absolute atomic E-state index is 13.2. The number of benzene rings is 1. The van der Waals surface area contributed by atoms with Crippen LogP contribution < -0.4 is 0 Å². The van der Waals surface area contributed by atoms with Crippen LogP contribution in [0.3, 0.4) is 0 Å². The summed E-state index contributed by atoms with van der Waals surface area (Å²) in [6, 6.07) is 2.59. The van der Waals surface area contributed by atoms with Crippen molar-refractivity contribution in [2.45, 2.75) is 26.4 Å². The van der Waals surface area contributed by atoms with Gasteiger partial charge in [0, 0.05) is 13.6 Å². The summed E-state index contributed by atoms with van der Waals surface area (Å²) in [6.45, 7) is 3.66. The third-order valence-corrected chi connectivity index (χ3v) is 3.02. The van der Waals surface area contributed by atoms with Crippen LogP contribution in [0, 0.1) is 12.7 Å². The number of hydrogen-bond donors (Lipinski definition) is 1. The van der Waals surface area contributed by atoms with Gasteiger partial charge in [-0.15, -0.1) is 0 Å². The first-order valence-corrected chi connectivity index (χ1v) is 6.10. The van der Waals surface area contributed by atoms with Gasteiger partial charge in [0.15, 0.2) is 0 Å². The monoisotopic (exact) mass is 273 g/mol. The SMILES string of the molecule is Cc1cc(C(=O)N(C)CCC(C)O)c(Cl)cc1F. The van der Waals surface area contributed by atoms with E-state index in [9.17, 15) is 14.3 Å². The van der Waals surface area contributed by atoms with Gasteiger partial charge < -0.3 is 10.0 Å². The van der Waals surface area contributed by atoms with Gasteiger partial charge in [0.1, 0.15) is 5.82 Å². The second-order valence-corrected chi connectivity index (χ2v) is 4.85. The van der Waals surface area contributed by atoms with Crippen molar-refractivity contribution in [2.75, 3.05) is 13.6 Å². The fourth-order valence-electron chi connectivity index (χ4n) is 1.51. The Bertz CT molecular complexity index is 449. The normalized spacial score (nSPS) is 12.3. The van der Waals surface area contributed by atoms with Crippen molar-refractivity contribution in [3.05, 3.63) is 34.1 Å². The van der Waals surface area contributed by atoms with E-state index in [0.29, 0.717) is 18.5 Å². The van der Waals surface area contributed by atoms with Crippen molar-refractivity contribution in [3.63, 3.8) is 0 Å². The van der Waals surface area contributed by atoms with Crippen molar-refractivity contribution in [1.29, 1.82) is 0 Å². The number of nitrogens with zero attached hydrogens (tertiary/aromatic N) is 1. The Morgan fingerprint density at radius 1 is 1.56 bits per heavy atom. The standard InChI is InChI=1S/C13H17ClFNO2/c1-8-6-10(11(14)7-12(8)15)13(18)16(3)5-4-9(2)17/h6-7,9,17H,4-5H2,1-3H3. The molecule has 3 nitrogen and oxygen atoms in total. The molecule has 0 aliphatic carbocycles. The van der Waals surface area contributed by atoms with Gasteiger partial charge in [0.05, 0.1) is 16.7 Å². The maximum Gasteiger partial charge on any atom is 0.255 e. The van der Waals surface area contributed by atoms with Crippen LogP contribution >= 0.6 is 11.6 Å². The number of rotatable bonds is 4. The third-order valence-electron chi connectivity index (χ3n) is 2.71. The molecule has 0 heterocycles. The maximum atomic E-state index is 13.2. The quantitative estimate of drug-likeness (QED) is 0.916. The molecular formula is C13H17ClFNO2. The van der Waals surface area contributed by atoms with Gasteiger partial charge in [-0.2, -0.15) is 0 Å². The van der Waals surface area contributed by atoms with Crippen molar-refractivity contribution in [1.82, 2.24) is 4.90 Å². The molecule has 1 aromatic rings. The van der Waals surface area contributed by atoms with Crippen LogP contribution in [0.4, 0.5) is 4.39 Å². The molecule has 1 rings (SSSR count). The fraction of sp³-hybridized carbons (Fsp3) is 0.462. The molecule has 5 heteroatoms. The third kappa shape index (κ3) is 3.68. The molecule has 100 valence electrons. The molecule has 1 N–H and O–H groups in total. The van der Waals surface area contributed by atoms with Crippen LogP contribution in [0.15, 0.2) is 12.1 Å². The van der Waals surface area contributed by atoms with Gasteiger partial charge in [-0.1, -0.05) is 11.6 Å². The summed E-state index contributed by atoms with van der Waals surface area (Å²) in [5, 5.41) is 9.28. The number of halogens is 2. The summed E-state index contributed by atoms with van der Waals surface area (Å²) < 4.78 is 13.2. The smallest absolute Gasteiger partial charge is 0.255 e. The minimum Gasteiger partial charge on any atom is -0.393 e. The van der Waals surface area contributed by atoms with Gasteiger partial charge in [-0.05, 0) is 38.0 Å². The highest BCUT2D eigenvalue weighted by Crippen LogP contribution is 2.21. The summed E-state index contributed by atoms with van der Waals surface area (Å²) in [4.78, 5) is 13.5. The molecule has 0 aliphatic rings. The molecule has 18 heavy (non-hydrogen) atoms. The summed E-state index contributed by atoms with van der Waals surface area (Å²) >= 11 is 5.87. The summed E-state index contributed by atoms with van der Waals surface area (Å²) in [7, 11) is 1.62. The van der Waals surface area contributed by atoms with E-state index >= 15 is 0 Å². The first-order chi connectivity index (χ1) is 8.32. The number of aryl methyl sites for hydroxylation is 1. The van der Waals surface area contributed by atoms with Crippen LogP contribution in [-0.2, 0) is 0 Å². The zero-order chi connectivity index (χ0) is 13.9. The second-order valence-electron chi connectivity index (χ2n) is 4.45. The zero-order valence-corrected chi connectivity index (χ0v) is 11.5. The number of aliphatic hydroxyl groups is 1. The minimum atomic E-state index is -0.467. The lowest BCUT2D eigenvalue weighted by Crippen LogP contribution is -2.29. The highest BCUT2D eigenvalue weighted by atomic mass is 35.5. The highest BCUT2D eigenvalue weighted by molar-refractivity contribution is 6.33. The minimum absolute atomic E-state index is 0.104. The van der Waals surface area contributed by atoms with E-state index in [1.165, 1.54) is 11.0 Å². The Kier molecular flexibility index (Phi) is 5.11. The average Bonchev–Trinajstić information content (AvgIpc) is 2.29. The summed E-state index contributed by atoms with van der Waals surface area (Å²) in [5.41, 5.74) is 0.662. The molecule has 1 amide bonds. The molecule has 0 radical (unpaired) electrons. The average molecular weight is 274 g/mol. The van der Waals surface area contributed by atoms with Gasteiger partial charge in [-0.25, -0.2) is 4.39 Å². The zero-order valence-electron chi connectivity index (χ0n) is 10.7. The van der Waals surface area contributed by atoms with Gasteiger partial charge in [0.25, 0.3) is 5.91 Å². The predicted molar refractivity (Wildman–Crippen MR) is 69.4 cm³/mol. The van der Waals surface area contributed by atoms with E-state index in [0.717, 1.165) is 6.07 Å². The lowest BCUT2D eigenvalue weighted by molar-refractivity contribution is 0.0769. The van der Waals surface area contributed by atoms with Crippen LogP contribution in [0.5, 0.6) is 0 Å². The van der Waals surface area contributed by atoms with Crippen LogP contribution in [-0.4, -0.2) is 35.6 Å². The van der Waals surface area contributed by atoms with Crippen LogP contribution in [0.2, 0.25) is 5.02 Å². The Labute approximate surface area is 111 Å². The molecular weight excluding hydrogens is 257 g/mol. The Hall–Kier alpha value is -1.13. The molecule has 0 saturated carbocycles. The van der Waals surface area contributed by atoms with E-state index < -0.39 is 11.9 Å². The Morgan fingerprint density at radius 2 is 2.17 bits per heavy atom. The number of carbonyl (C=O) groups is 1. The van der Waals surface area contributed by atoms with Crippen molar-refractivity contribution in [3.8, 4) is 0 Å². The number of carbonyl (C=O) groups excluding carboxylic acids is 1. The molecule has 0 spiro atoms. The van der Waals surface area contributed by atoms with Gasteiger partial charge in [0.2, 0.25) is 0 Å². The Morgan fingerprint density at radius 3 is 2.72 bits per heavy atom. The number of aliphatic hydroxyl groups excluding tert-OH is 1. The Balaban J connectivity index is 2.87. The summed E-state index contributed by atoms with van der Waals surface area (Å²) in [6.07, 6.45) is 0.0192. The van der Waals surface area contributed by atoms with Crippen molar-refractivity contribution >= 4 is 17.5 Å². The molecule has 1 unspecified atom stereocenters. The lowest BCUT2D eigenvalue weighted by atomic mass is 10.1. The molecule has 0 bridgehead atoms. The number of hydrogen-bond acceptors (Lipinski definition) is 2. The van der Waals surface area contributed by atoms with E-state index in [2.05, 4.69) is 0 Å². The van der Waals surface area contributed by atoms with Gasteiger partial charge >= 0.3 is 0 Å².